The molecular formula is C6H11ClFNO2. The van der Waals surface area contributed by atoms with Crippen molar-refractivity contribution >= 4 is 18.4 Å². The fraction of sp³-hybridized carbons (Fsp3) is 0.833. The molecule has 11 heavy (non-hydrogen) atoms. The Hall–Kier alpha value is -0.350. The number of carboxylic acid groups (broad SMARTS) is 1. The molecule has 1 heterocycles. The SMILES string of the molecule is Cl.O=C(O)C1CCN(F)CC1. The van der Waals surface area contributed by atoms with Crippen LogP contribution in [0.4, 0.5) is 4.48 Å². The molecule has 0 saturated carbocycles. The molecule has 1 N–H and O–H groups in total. The largest absolute Gasteiger partial charge is 0.481 e. The summed E-state index contributed by atoms with van der Waals surface area (Å²) in [6.07, 6.45) is 0.873. The molecule has 0 aliphatic carbocycles. The van der Waals surface area contributed by atoms with Gasteiger partial charge in [0.25, 0.3) is 0 Å². The first-order chi connectivity index (χ1) is 4.70. The molecule has 5 heteroatoms. The van der Waals surface area contributed by atoms with Crippen molar-refractivity contribution in [2.45, 2.75) is 12.8 Å². The fourth-order valence-corrected chi connectivity index (χ4v) is 1.09. The van der Waals surface area contributed by atoms with Gasteiger partial charge in [-0.2, -0.15) is 0 Å². The molecule has 0 aromatic rings. The zero-order valence-corrected chi connectivity index (χ0v) is 6.81. The summed E-state index contributed by atoms with van der Waals surface area (Å²) in [7, 11) is 0. The van der Waals surface area contributed by atoms with E-state index >= 15 is 0 Å². The maximum Gasteiger partial charge on any atom is 0.306 e. The molecule has 0 amide bonds. The van der Waals surface area contributed by atoms with E-state index in [1.54, 1.807) is 0 Å². The van der Waals surface area contributed by atoms with Gasteiger partial charge in [0.15, 0.2) is 0 Å². The summed E-state index contributed by atoms with van der Waals surface area (Å²) in [4.78, 5) is 10.3. The second-order valence-corrected chi connectivity index (χ2v) is 2.52. The highest BCUT2D eigenvalue weighted by atomic mass is 35.5. The van der Waals surface area contributed by atoms with Gasteiger partial charge in [-0.25, -0.2) is 0 Å². The molecule has 1 rings (SSSR count). The number of carbonyl (C=O) groups is 1. The highest BCUT2D eigenvalue weighted by Crippen LogP contribution is 2.16. The van der Waals surface area contributed by atoms with Gasteiger partial charge < -0.3 is 5.11 Å². The number of carboxylic acids is 1. The standard InChI is InChI=1S/C6H10FNO2.ClH/c7-8-3-1-5(2-4-8)6(9)10;/h5H,1-4H2,(H,9,10);1H. The van der Waals surface area contributed by atoms with Crippen LogP contribution < -0.4 is 0 Å². The highest BCUT2D eigenvalue weighted by molar-refractivity contribution is 5.85. The summed E-state index contributed by atoms with van der Waals surface area (Å²) in [6, 6.07) is 0. The fourth-order valence-electron chi connectivity index (χ4n) is 1.09. The van der Waals surface area contributed by atoms with E-state index in [4.69, 9.17) is 5.11 Å². The molecule has 1 saturated heterocycles. The smallest absolute Gasteiger partial charge is 0.306 e. The van der Waals surface area contributed by atoms with E-state index in [0.29, 0.717) is 18.0 Å². The van der Waals surface area contributed by atoms with Crippen LogP contribution in [0, 0.1) is 5.92 Å². The first kappa shape index (κ1) is 10.7. The van der Waals surface area contributed by atoms with Crippen LogP contribution >= 0.6 is 12.4 Å². The third-order valence-corrected chi connectivity index (χ3v) is 1.79. The number of nitrogens with zero attached hydrogens (tertiary/aromatic N) is 1. The molecule has 0 radical (unpaired) electrons. The van der Waals surface area contributed by atoms with Crippen molar-refractivity contribution in [1.82, 2.24) is 5.12 Å². The van der Waals surface area contributed by atoms with E-state index in [1.165, 1.54) is 0 Å². The van der Waals surface area contributed by atoms with Crippen LogP contribution in [0.25, 0.3) is 0 Å². The summed E-state index contributed by atoms with van der Waals surface area (Å²) < 4.78 is 12.3. The van der Waals surface area contributed by atoms with Crippen LogP contribution in [0.15, 0.2) is 0 Å². The lowest BCUT2D eigenvalue weighted by atomic mass is 9.99. The summed E-state index contributed by atoms with van der Waals surface area (Å²) in [5.74, 6) is -1.12. The Kier molecular flexibility index (Phi) is 4.37. The van der Waals surface area contributed by atoms with Crippen molar-refractivity contribution in [2.24, 2.45) is 5.92 Å². The topological polar surface area (TPSA) is 40.5 Å². The normalized spacial score (nSPS) is 20.8. The molecule has 0 aromatic carbocycles. The van der Waals surface area contributed by atoms with Crippen LogP contribution in [0.5, 0.6) is 0 Å². The molecule has 1 aliphatic heterocycles. The monoisotopic (exact) mass is 183 g/mol. The van der Waals surface area contributed by atoms with Crippen LogP contribution in [-0.2, 0) is 4.79 Å². The van der Waals surface area contributed by atoms with Crippen molar-refractivity contribution in [1.29, 1.82) is 0 Å². The molecular weight excluding hydrogens is 173 g/mol. The maximum atomic E-state index is 12.3. The summed E-state index contributed by atoms with van der Waals surface area (Å²) >= 11 is 0. The van der Waals surface area contributed by atoms with Gasteiger partial charge >= 0.3 is 5.97 Å². The van der Waals surface area contributed by atoms with Crippen LogP contribution in [0.3, 0.4) is 0 Å². The minimum Gasteiger partial charge on any atom is -0.481 e. The van der Waals surface area contributed by atoms with Crippen LogP contribution in [0.1, 0.15) is 12.8 Å². The zero-order valence-electron chi connectivity index (χ0n) is 5.99. The molecule has 0 bridgehead atoms. The van der Waals surface area contributed by atoms with Crippen molar-refractivity contribution in [3.63, 3.8) is 0 Å². The predicted molar refractivity (Wildman–Crippen MR) is 40.3 cm³/mol. The van der Waals surface area contributed by atoms with Crippen LogP contribution in [0.2, 0.25) is 0 Å². The molecule has 1 fully saturated rings. The Morgan fingerprint density at radius 1 is 1.45 bits per heavy atom. The highest BCUT2D eigenvalue weighted by Gasteiger charge is 2.23. The first-order valence-corrected chi connectivity index (χ1v) is 3.33. The number of halogens is 2. The second-order valence-electron chi connectivity index (χ2n) is 2.52. The molecule has 0 unspecified atom stereocenters. The summed E-state index contributed by atoms with van der Waals surface area (Å²) in [5.41, 5.74) is 0. The average molecular weight is 184 g/mol. The first-order valence-electron chi connectivity index (χ1n) is 3.33. The van der Waals surface area contributed by atoms with Crippen molar-refractivity contribution in [3.8, 4) is 0 Å². The Morgan fingerprint density at radius 2 is 1.91 bits per heavy atom. The Bertz CT molecular complexity index is 137. The Balaban J connectivity index is 0.000001000. The summed E-state index contributed by atoms with van der Waals surface area (Å²) in [5, 5.41) is 9.15. The van der Waals surface area contributed by atoms with E-state index in [-0.39, 0.29) is 31.4 Å². The van der Waals surface area contributed by atoms with Crippen molar-refractivity contribution in [2.75, 3.05) is 13.1 Å². The molecule has 0 atom stereocenters. The minimum atomic E-state index is -0.798. The maximum absolute atomic E-state index is 12.3. The lowest BCUT2D eigenvalue weighted by molar-refractivity contribution is -0.145. The van der Waals surface area contributed by atoms with E-state index in [2.05, 4.69) is 0 Å². The van der Waals surface area contributed by atoms with Gasteiger partial charge in [0.2, 0.25) is 0 Å². The number of hydrogen-bond acceptors (Lipinski definition) is 2. The van der Waals surface area contributed by atoms with Gasteiger partial charge in [-0.3, -0.25) is 4.79 Å². The van der Waals surface area contributed by atoms with Gasteiger partial charge in [-0.05, 0) is 12.8 Å². The number of hydrogen-bond donors (Lipinski definition) is 1. The van der Waals surface area contributed by atoms with E-state index in [0.717, 1.165) is 0 Å². The Morgan fingerprint density at radius 3 is 2.27 bits per heavy atom. The number of rotatable bonds is 1. The molecule has 66 valence electrons. The molecule has 1 aliphatic rings. The van der Waals surface area contributed by atoms with Gasteiger partial charge in [0.1, 0.15) is 0 Å². The second kappa shape index (κ2) is 4.51. The van der Waals surface area contributed by atoms with Gasteiger partial charge in [-0.1, -0.05) is 0 Å². The van der Waals surface area contributed by atoms with E-state index in [9.17, 15) is 9.28 Å². The lowest BCUT2D eigenvalue weighted by Crippen LogP contribution is -2.31. The number of piperidine rings is 1. The van der Waals surface area contributed by atoms with Gasteiger partial charge in [0, 0.05) is 13.1 Å². The summed E-state index contributed by atoms with van der Waals surface area (Å²) in [6.45, 7) is 0.522. The number of aliphatic carboxylic acids is 1. The average Bonchev–Trinajstić information content (AvgIpc) is 1.88. The molecule has 3 nitrogen and oxygen atoms in total. The predicted octanol–water partition coefficient (Wildman–Crippen LogP) is 1.09. The van der Waals surface area contributed by atoms with Crippen molar-refractivity contribution < 1.29 is 14.4 Å². The Labute approximate surface area is 70.5 Å². The van der Waals surface area contributed by atoms with Gasteiger partial charge in [-0.15, -0.1) is 22.0 Å². The lowest BCUT2D eigenvalue weighted by Gasteiger charge is -2.22. The molecule has 0 aromatic heterocycles. The van der Waals surface area contributed by atoms with E-state index < -0.39 is 5.97 Å². The minimum absolute atomic E-state index is 0. The van der Waals surface area contributed by atoms with E-state index in [1.807, 2.05) is 0 Å². The zero-order chi connectivity index (χ0) is 7.56. The quantitative estimate of drug-likeness (QED) is 0.619. The molecule has 0 spiro atoms. The third kappa shape index (κ3) is 3.03. The van der Waals surface area contributed by atoms with Crippen LogP contribution in [-0.4, -0.2) is 29.3 Å². The van der Waals surface area contributed by atoms with Crippen molar-refractivity contribution in [3.05, 3.63) is 0 Å². The third-order valence-electron chi connectivity index (χ3n) is 1.79. The van der Waals surface area contributed by atoms with Gasteiger partial charge in [0.05, 0.1) is 5.92 Å².